The third-order valence-electron chi connectivity index (χ3n) is 1.11. The normalized spacial score (nSPS) is 23.2. The molecular weight excluding hydrogens is 132 g/mol. The number of hydrogen-bond donors (Lipinski definition) is 3. The minimum Gasteiger partial charge on any atom is -0.508 e. The molecule has 0 aromatic heterocycles. The molecular formula is C6H8N2O2. The minimum atomic E-state index is -0.787. The Morgan fingerprint density at radius 2 is 2.50 bits per heavy atom. The van der Waals surface area contributed by atoms with E-state index in [4.69, 9.17) is 21.0 Å². The number of nitrogens with one attached hydrogen (secondary N) is 1. The fraction of sp³-hybridized carbons (Fsp3) is 0.167. The van der Waals surface area contributed by atoms with Crippen molar-refractivity contribution in [3.05, 3.63) is 24.2 Å². The molecule has 1 aliphatic rings. The van der Waals surface area contributed by atoms with Crippen molar-refractivity contribution in [2.75, 3.05) is 0 Å². The lowest BCUT2D eigenvalue weighted by Gasteiger charge is -2.15. The van der Waals surface area contributed by atoms with E-state index in [0.717, 1.165) is 0 Å². The standard InChI is InChI=1S/C6H8N2O2/c7-6(8)5-4(9)2-1-3-10-5/h1-3,5,9H,(H3,7,8). The predicted octanol–water partition coefficient (Wildman–Crippen LogP) is 0.277. The van der Waals surface area contributed by atoms with E-state index in [1.807, 2.05) is 0 Å². The molecule has 4 N–H and O–H groups in total. The van der Waals surface area contributed by atoms with Gasteiger partial charge in [0.2, 0.25) is 6.10 Å². The number of ether oxygens (including phenoxy) is 1. The molecule has 0 radical (unpaired) electrons. The first-order valence-corrected chi connectivity index (χ1v) is 2.77. The molecule has 0 bridgehead atoms. The molecule has 0 saturated carbocycles. The van der Waals surface area contributed by atoms with Crippen LogP contribution in [0.5, 0.6) is 0 Å². The summed E-state index contributed by atoms with van der Waals surface area (Å²) in [5, 5.41) is 15.9. The van der Waals surface area contributed by atoms with E-state index in [2.05, 4.69) is 0 Å². The quantitative estimate of drug-likeness (QED) is 0.361. The molecule has 1 rings (SSSR count). The van der Waals surface area contributed by atoms with Crippen LogP contribution in [-0.2, 0) is 4.74 Å². The molecule has 4 heteroatoms. The fourth-order valence-corrected chi connectivity index (χ4v) is 0.652. The summed E-state index contributed by atoms with van der Waals surface area (Å²) in [6.07, 6.45) is 3.57. The van der Waals surface area contributed by atoms with Crippen molar-refractivity contribution < 1.29 is 9.84 Å². The lowest BCUT2D eigenvalue weighted by Crippen LogP contribution is -2.31. The summed E-state index contributed by atoms with van der Waals surface area (Å²) >= 11 is 0. The van der Waals surface area contributed by atoms with Crippen molar-refractivity contribution in [3.63, 3.8) is 0 Å². The lowest BCUT2D eigenvalue weighted by molar-refractivity contribution is 0.172. The Labute approximate surface area is 58.1 Å². The van der Waals surface area contributed by atoms with Gasteiger partial charge in [0.1, 0.15) is 11.6 Å². The zero-order valence-electron chi connectivity index (χ0n) is 5.24. The molecule has 10 heavy (non-hydrogen) atoms. The molecule has 1 atom stereocenters. The lowest BCUT2D eigenvalue weighted by atomic mass is 10.2. The Bertz CT molecular complexity index is 208. The Morgan fingerprint density at radius 3 is 2.90 bits per heavy atom. The fourth-order valence-electron chi connectivity index (χ4n) is 0.652. The molecule has 4 nitrogen and oxygen atoms in total. The number of amidine groups is 1. The Kier molecular flexibility index (Phi) is 1.62. The van der Waals surface area contributed by atoms with Gasteiger partial charge in [0.05, 0.1) is 6.26 Å². The molecule has 1 unspecified atom stereocenters. The van der Waals surface area contributed by atoms with Crippen LogP contribution >= 0.6 is 0 Å². The smallest absolute Gasteiger partial charge is 0.210 e. The van der Waals surface area contributed by atoms with E-state index < -0.39 is 6.10 Å². The van der Waals surface area contributed by atoms with E-state index in [9.17, 15) is 0 Å². The van der Waals surface area contributed by atoms with Gasteiger partial charge in [-0.2, -0.15) is 0 Å². The van der Waals surface area contributed by atoms with Gasteiger partial charge in [-0.1, -0.05) is 0 Å². The van der Waals surface area contributed by atoms with Crippen molar-refractivity contribution in [1.29, 1.82) is 5.41 Å². The number of hydrogen-bond acceptors (Lipinski definition) is 3. The molecule has 0 fully saturated rings. The first-order chi connectivity index (χ1) is 4.72. The summed E-state index contributed by atoms with van der Waals surface area (Å²) in [5.41, 5.74) is 5.08. The molecule has 0 aliphatic carbocycles. The highest BCUT2D eigenvalue weighted by Crippen LogP contribution is 2.08. The Balaban J connectivity index is 2.73. The van der Waals surface area contributed by atoms with E-state index in [0.29, 0.717) is 0 Å². The average molecular weight is 140 g/mol. The number of aliphatic hydroxyl groups is 1. The van der Waals surface area contributed by atoms with E-state index in [-0.39, 0.29) is 11.6 Å². The van der Waals surface area contributed by atoms with E-state index in [1.165, 1.54) is 18.4 Å². The minimum absolute atomic E-state index is 0.0324. The molecule has 0 amide bonds. The van der Waals surface area contributed by atoms with Crippen LogP contribution in [0.4, 0.5) is 0 Å². The average Bonchev–Trinajstić information content (AvgIpc) is 1.88. The van der Waals surface area contributed by atoms with Gasteiger partial charge < -0.3 is 15.6 Å². The second-order valence-corrected chi connectivity index (χ2v) is 1.89. The number of nitrogens with two attached hydrogens (primary N) is 1. The van der Waals surface area contributed by atoms with Crippen LogP contribution in [0.25, 0.3) is 0 Å². The highest BCUT2D eigenvalue weighted by atomic mass is 16.5. The van der Waals surface area contributed by atoms with Crippen molar-refractivity contribution in [2.24, 2.45) is 5.73 Å². The summed E-state index contributed by atoms with van der Waals surface area (Å²) in [6.45, 7) is 0. The molecule has 1 aliphatic heterocycles. The maximum absolute atomic E-state index is 9.00. The van der Waals surface area contributed by atoms with Gasteiger partial charge in [-0.15, -0.1) is 0 Å². The largest absolute Gasteiger partial charge is 0.508 e. The third-order valence-corrected chi connectivity index (χ3v) is 1.11. The first kappa shape index (κ1) is 6.67. The highest BCUT2D eigenvalue weighted by Gasteiger charge is 2.18. The molecule has 0 saturated heterocycles. The molecule has 0 spiro atoms. The molecule has 0 aromatic rings. The highest BCUT2D eigenvalue weighted by molar-refractivity contribution is 5.84. The second-order valence-electron chi connectivity index (χ2n) is 1.89. The summed E-state index contributed by atoms with van der Waals surface area (Å²) in [4.78, 5) is 0. The summed E-state index contributed by atoms with van der Waals surface area (Å²) < 4.78 is 4.80. The second kappa shape index (κ2) is 2.43. The summed E-state index contributed by atoms with van der Waals surface area (Å²) in [6, 6.07) is 0. The van der Waals surface area contributed by atoms with Crippen molar-refractivity contribution in [1.82, 2.24) is 0 Å². The molecule has 54 valence electrons. The van der Waals surface area contributed by atoms with Gasteiger partial charge in [0, 0.05) is 0 Å². The van der Waals surface area contributed by atoms with Crippen LogP contribution in [0, 0.1) is 5.41 Å². The zero-order chi connectivity index (χ0) is 7.56. The SMILES string of the molecule is N=C(N)C1OC=CC=C1O. The predicted molar refractivity (Wildman–Crippen MR) is 36.6 cm³/mol. The number of rotatable bonds is 1. The maximum Gasteiger partial charge on any atom is 0.210 e. The number of aliphatic hydroxyl groups excluding tert-OH is 1. The van der Waals surface area contributed by atoms with Crippen LogP contribution in [0.3, 0.4) is 0 Å². The molecule has 0 aromatic carbocycles. The van der Waals surface area contributed by atoms with Gasteiger partial charge in [-0.25, -0.2) is 0 Å². The van der Waals surface area contributed by atoms with Crippen molar-refractivity contribution in [3.8, 4) is 0 Å². The summed E-state index contributed by atoms with van der Waals surface area (Å²) in [7, 11) is 0. The van der Waals surface area contributed by atoms with E-state index in [1.54, 1.807) is 0 Å². The summed E-state index contributed by atoms with van der Waals surface area (Å²) in [5.74, 6) is -0.229. The maximum atomic E-state index is 9.00. The van der Waals surface area contributed by atoms with Gasteiger partial charge >= 0.3 is 0 Å². The third kappa shape index (κ3) is 1.10. The topological polar surface area (TPSA) is 79.3 Å². The van der Waals surface area contributed by atoms with Gasteiger partial charge in [-0.3, -0.25) is 5.41 Å². The monoisotopic (exact) mass is 140 g/mol. The van der Waals surface area contributed by atoms with Crippen molar-refractivity contribution in [2.45, 2.75) is 6.10 Å². The zero-order valence-corrected chi connectivity index (χ0v) is 5.24. The van der Waals surface area contributed by atoms with Crippen LogP contribution in [0.2, 0.25) is 0 Å². The van der Waals surface area contributed by atoms with Gasteiger partial charge in [0.15, 0.2) is 0 Å². The first-order valence-electron chi connectivity index (χ1n) is 2.77. The van der Waals surface area contributed by atoms with Crippen LogP contribution < -0.4 is 5.73 Å². The van der Waals surface area contributed by atoms with Crippen LogP contribution in [-0.4, -0.2) is 17.0 Å². The van der Waals surface area contributed by atoms with Gasteiger partial charge in [-0.05, 0) is 12.2 Å². The van der Waals surface area contributed by atoms with E-state index >= 15 is 0 Å². The Hall–Kier alpha value is -1.45. The van der Waals surface area contributed by atoms with Crippen LogP contribution in [0.1, 0.15) is 0 Å². The van der Waals surface area contributed by atoms with Crippen LogP contribution in [0.15, 0.2) is 24.2 Å². The van der Waals surface area contributed by atoms with Crippen molar-refractivity contribution >= 4 is 5.84 Å². The molecule has 1 heterocycles. The van der Waals surface area contributed by atoms with Gasteiger partial charge in [0.25, 0.3) is 0 Å². The Morgan fingerprint density at radius 1 is 1.80 bits per heavy atom. The number of allylic oxidation sites excluding steroid dienone is 2.